The molecule has 0 aromatic heterocycles. The molecular formula is C16H30N4O6S. The predicted octanol–water partition coefficient (Wildman–Crippen LogP) is -1.72. The van der Waals surface area contributed by atoms with Crippen LogP contribution in [-0.4, -0.2) is 77.2 Å². The summed E-state index contributed by atoms with van der Waals surface area (Å²) in [4.78, 5) is 47.5. The van der Waals surface area contributed by atoms with E-state index in [1.165, 1.54) is 11.8 Å². The van der Waals surface area contributed by atoms with E-state index in [4.69, 9.17) is 5.73 Å². The van der Waals surface area contributed by atoms with Gasteiger partial charge in [0.15, 0.2) is 0 Å². The van der Waals surface area contributed by atoms with Gasteiger partial charge in [0.1, 0.15) is 18.1 Å². The molecule has 156 valence electrons. The number of aliphatic hydroxyl groups is 1. The SMILES string of the molecule is CCC(C)C(NC(=O)C(CO)NC(=O)C(CCSC)NC(=O)CN)C(=O)O. The quantitative estimate of drug-likeness (QED) is 0.210. The highest BCUT2D eigenvalue weighted by Gasteiger charge is 2.30. The zero-order valence-corrected chi connectivity index (χ0v) is 16.7. The van der Waals surface area contributed by atoms with E-state index in [1.54, 1.807) is 13.8 Å². The number of hydrogen-bond donors (Lipinski definition) is 6. The average molecular weight is 407 g/mol. The lowest BCUT2D eigenvalue weighted by molar-refractivity contribution is -0.144. The van der Waals surface area contributed by atoms with Crippen LogP contribution in [0.4, 0.5) is 0 Å². The highest BCUT2D eigenvalue weighted by Crippen LogP contribution is 2.08. The number of aliphatic hydroxyl groups excluding tert-OH is 1. The van der Waals surface area contributed by atoms with Gasteiger partial charge in [0.05, 0.1) is 13.2 Å². The molecule has 0 aliphatic rings. The second-order valence-corrected chi connectivity index (χ2v) is 7.05. The van der Waals surface area contributed by atoms with Crippen molar-refractivity contribution >= 4 is 35.5 Å². The second kappa shape index (κ2) is 13.3. The summed E-state index contributed by atoms with van der Waals surface area (Å²) >= 11 is 1.47. The molecule has 0 aliphatic heterocycles. The summed E-state index contributed by atoms with van der Waals surface area (Å²) in [6.45, 7) is 2.45. The first-order chi connectivity index (χ1) is 12.7. The molecule has 0 aliphatic carbocycles. The number of carboxylic acids is 1. The summed E-state index contributed by atoms with van der Waals surface area (Å²) in [5.41, 5.74) is 5.24. The van der Waals surface area contributed by atoms with Crippen LogP contribution in [0, 0.1) is 5.92 Å². The third-order valence-corrected chi connectivity index (χ3v) is 4.68. The van der Waals surface area contributed by atoms with Crippen molar-refractivity contribution in [2.75, 3.05) is 25.2 Å². The molecule has 0 saturated heterocycles. The fraction of sp³-hybridized carbons (Fsp3) is 0.750. The zero-order valence-electron chi connectivity index (χ0n) is 15.9. The Labute approximate surface area is 163 Å². The van der Waals surface area contributed by atoms with Crippen molar-refractivity contribution in [3.63, 3.8) is 0 Å². The molecule has 0 heterocycles. The van der Waals surface area contributed by atoms with E-state index < -0.39 is 48.4 Å². The van der Waals surface area contributed by atoms with Crippen LogP contribution in [0.15, 0.2) is 0 Å². The van der Waals surface area contributed by atoms with Crippen molar-refractivity contribution in [3.8, 4) is 0 Å². The van der Waals surface area contributed by atoms with Crippen molar-refractivity contribution in [2.45, 2.75) is 44.8 Å². The van der Waals surface area contributed by atoms with Gasteiger partial charge < -0.3 is 31.9 Å². The van der Waals surface area contributed by atoms with E-state index in [2.05, 4.69) is 16.0 Å². The van der Waals surface area contributed by atoms with E-state index in [0.717, 1.165) is 0 Å². The minimum Gasteiger partial charge on any atom is -0.480 e. The highest BCUT2D eigenvalue weighted by molar-refractivity contribution is 7.98. The molecule has 0 saturated carbocycles. The predicted molar refractivity (Wildman–Crippen MR) is 102 cm³/mol. The Morgan fingerprint density at radius 3 is 2.11 bits per heavy atom. The Kier molecular flexibility index (Phi) is 12.4. The van der Waals surface area contributed by atoms with Crippen molar-refractivity contribution in [1.29, 1.82) is 0 Å². The standard InChI is InChI=1S/C16H30N4O6S/c1-4-9(2)13(16(25)26)20-15(24)11(8-21)19-14(23)10(5-6-27-3)18-12(22)7-17/h9-11,13,21H,4-8,17H2,1-3H3,(H,18,22)(H,19,23)(H,20,24)(H,25,26). The summed E-state index contributed by atoms with van der Waals surface area (Å²) in [7, 11) is 0. The first-order valence-electron chi connectivity index (χ1n) is 8.64. The molecule has 0 fully saturated rings. The largest absolute Gasteiger partial charge is 0.480 e. The molecule has 0 aromatic carbocycles. The van der Waals surface area contributed by atoms with Crippen molar-refractivity contribution in [1.82, 2.24) is 16.0 Å². The van der Waals surface area contributed by atoms with Gasteiger partial charge >= 0.3 is 5.97 Å². The van der Waals surface area contributed by atoms with E-state index in [1.807, 2.05) is 6.26 Å². The molecule has 11 heteroatoms. The summed E-state index contributed by atoms with van der Waals surface area (Å²) in [6.07, 6.45) is 2.67. The maximum atomic E-state index is 12.4. The van der Waals surface area contributed by atoms with Crippen molar-refractivity contribution in [2.24, 2.45) is 11.7 Å². The van der Waals surface area contributed by atoms with Crippen LogP contribution in [0.3, 0.4) is 0 Å². The Morgan fingerprint density at radius 2 is 1.67 bits per heavy atom. The summed E-state index contributed by atoms with van der Waals surface area (Å²) in [6, 6.07) is -3.40. The van der Waals surface area contributed by atoms with Gasteiger partial charge in [-0.1, -0.05) is 20.3 Å². The molecule has 0 spiro atoms. The normalized spacial score (nSPS) is 15.1. The fourth-order valence-corrected chi connectivity index (χ4v) is 2.63. The number of nitrogens with one attached hydrogen (secondary N) is 3. The van der Waals surface area contributed by atoms with Crippen LogP contribution in [0.5, 0.6) is 0 Å². The van der Waals surface area contributed by atoms with Gasteiger partial charge in [-0.2, -0.15) is 11.8 Å². The number of carbonyl (C=O) groups is 4. The number of nitrogens with two attached hydrogens (primary N) is 1. The smallest absolute Gasteiger partial charge is 0.326 e. The molecule has 3 amide bonds. The lowest BCUT2D eigenvalue weighted by Crippen LogP contribution is -2.58. The lowest BCUT2D eigenvalue weighted by Gasteiger charge is -2.25. The monoisotopic (exact) mass is 406 g/mol. The number of aliphatic carboxylic acids is 1. The van der Waals surface area contributed by atoms with Crippen LogP contribution >= 0.6 is 11.8 Å². The molecule has 4 unspecified atom stereocenters. The number of hydrogen-bond acceptors (Lipinski definition) is 7. The second-order valence-electron chi connectivity index (χ2n) is 6.06. The number of amides is 3. The molecular weight excluding hydrogens is 376 g/mol. The van der Waals surface area contributed by atoms with Crippen molar-refractivity contribution in [3.05, 3.63) is 0 Å². The van der Waals surface area contributed by atoms with Gasteiger partial charge in [-0.05, 0) is 24.3 Å². The van der Waals surface area contributed by atoms with Crippen LogP contribution in [0.25, 0.3) is 0 Å². The van der Waals surface area contributed by atoms with Gasteiger partial charge in [0.25, 0.3) is 0 Å². The summed E-state index contributed by atoms with van der Waals surface area (Å²) in [5.74, 6) is -2.95. The van der Waals surface area contributed by atoms with Gasteiger partial charge in [0.2, 0.25) is 17.7 Å². The average Bonchev–Trinajstić information content (AvgIpc) is 2.65. The Morgan fingerprint density at radius 1 is 1.07 bits per heavy atom. The molecule has 4 atom stereocenters. The minimum atomic E-state index is -1.34. The molecule has 0 aromatic rings. The molecule has 0 rings (SSSR count). The minimum absolute atomic E-state index is 0.290. The van der Waals surface area contributed by atoms with Crippen molar-refractivity contribution < 1.29 is 29.4 Å². The number of carboxylic acid groups (broad SMARTS) is 1. The molecule has 0 bridgehead atoms. The maximum Gasteiger partial charge on any atom is 0.326 e. The van der Waals surface area contributed by atoms with Gasteiger partial charge in [0, 0.05) is 0 Å². The number of rotatable bonds is 13. The van der Waals surface area contributed by atoms with Gasteiger partial charge in [-0.25, -0.2) is 4.79 Å². The number of carbonyl (C=O) groups excluding carboxylic acids is 3. The van der Waals surface area contributed by atoms with E-state index in [0.29, 0.717) is 18.6 Å². The topological polar surface area (TPSA) is 171 Å². The van der Waals surface area contributed by atoms with Crippen LogP contribution in [-0.2, 0) is 19.2 Å². The third kappa shape index (κ3) is 9.07. The van der Waals surface area contributed by atoms with Crippen LogP contribution in [0.2, 0.25) is 0 Å². The molecule has 27 heavy (non-hydrogen) atoms. The van der Waals surface area contributed by atoms with Crippen LogP contribution in [0.1, 0.15) is 26.7 Å². The summed E-state index contributed by atoms with van der Waals surface area (Å²) in [5, 5.41) is 25.8. The fourth-order valence-electron chi connectivity index (χ4n) is 2.16. The highest BCUT2D eigenvalue weighted by atomic mass is 32.2. The Balaban J connectivity index is 5.07. The zero-order chi connectivity index (χ0) is 21.0. The van der Waals surface area contributed by atoms with E-state index in [-0.39, 0.29) is 12.5 Å². The van der Waals surface area contributed by atoms with Gasteiger partial charge in [-0.15, -0.1) is 0 Å². The maximum absolute atomic E-state index is 12.4. The molecule has 10 nitrogen and oxygen atoms in total. The molecule has 7 N–H and O–H groups in total. The van der Waals surface area contributed by atoms with Gasteiger partial charge in [-0.3, -0.25) is 14.4 Å². The van der Waals surface area contributed by atoms with E-state index >= 15 is 0 Å². The lowest BCUT2D eigenvalue weighted by atomic mass is 9.99. The number of thioether (sulfide) groups is 1. The summed E-state index contributed by atoms with van der Waals surface area (Å²) < 4.78 is 0. The first kappa shape index (κ1) is 25.1. The third-order valence-electron chi connectivity index (χ3n) is 4.04. The first-order valence-corrected chi connectivity index (χ1v) is 10.0. The van der Waals surface area contributed by atoms with E-state index in [9.17, 15) is 29.4 Å². The molecule has 0 radical (unpaired) electrons. The van der Waals surface area contributed by atoms with Crippen LogP contribution < -0.4 is 21.7 Å². The Hall–Kier alpha value is -1.85. The Bertz CT molecular complexity index is 519.